The van der Waals surface area contributed by atoms with Gasteiger partial charge in [-0.3, -0.25) is 4.79 Å². The largest absolute Gasteiger partial charge is 0.493 e. The zero-order valence-electron chi connectivity index (χ0n) is 19.1. The summed E-state index contributed by atoms with van der Waals surface area (Å²) in [5.74, 6) is 2.06. The standard InChI is InChI=1S/C24H27N5O3S/c1-5-33-24-27-23-26-15(3)20(22(25)30)21(29(23)28-24)16-10-11-18(19(12-16)31-4)32-13-17-9-7-6-8-14(17)2/h6-12,21H,5,13H2,1-4H3,(H2,25,30)(H,26,27,28). The van der Waals surface area contributed by atoms with Crippen LogP contribution in [0.1, 0.15) is 36.6 Å². The SMILES string of the molecule is CCSc1nc2n(n1)C(c1ccc(OCc3ccccc3C)c(OC)c1)C(C(N)=O)=C(C)N2. The van der Waals surface area contributed by atoms with Crippen molar-refractivity contribution in [3.8, 4) is 11.5 Å². The first-order valence-electron chi connectivity index (χ1n) is 10.6. The predicted octanol–water partition coefficient (Wildman–Crippen LogP) is 4.06. The minimum absolute atomic E-state index is 0.423. The van der Waals surface area contributed by atoms with Crippen molar-refractivity contribution in [1.29, 1.82) is 0 Å². The number of aryl methyl sites for hydroxylation is 1. The van der Waals surface area contributed by atoms with Crippen molar-refractivity contribution in [2.45, 2.75) is 38.6 Å². The Balaban J connectivity index is 1.71. The van der Waals surface area contributed by atoms with Gasteiger partial charge < -0.3 is 20.5 Å². The molecule has 9 heteroatoms. The van der Waals surface area contributed by atoms with Gasteiger partial charge in [-0.05, 0) is 48.4 Å². The molecule has 4 rings (SSSR count). The molecule has 3 N–H and O–H groups in total. The number of carbonyl (C=O) groups is 1. The third-order valence-corrected chi connectivity index (χ3v) is 6.24. The van der Waals surface area contributed by atoms with Crippen molar-refractivity contribution in [2.75, 3.05) is 18.2 Å². The Bertz CT molecular complexity index is 1220. The van der Waals surface area contributed by atoms with Crippen molar-refractivity contribution in [3.63, 3.8) is 0 Å². The number of primary amides is 1. The number of benzene rings is 2. The maximum atomic E-state index is 12.4. The number of allylic oxidation sites excluding steroid dienone is 1. The molecule has 0 saturated heterocycles. The summed E-state index contributed by atoms with van der Waals surface area (Å²) in [6.07, 6.45) is 0. The van der Waals surface area contributed by atoms with Crippen molar-refractivity contribution >= 4 is 23.6 Å². The van der Waals surface area contributed by atoms with Crippen LogP contribution < -0.4 is 20.5 Å². The summed E-state index contributed by atoms with van der Waals surface area (Å²) in [7, 11) is 1.59. The number of hydrogen-bond acceptors (Lipinski definition) is 7. The van der Waals surface area contributed by atoms with E-state index in [1.54, 1.807) is 11.8 Å². The quantitative estimate of drug-likeness (QED) is 0.484. The first-order valence-corrected chi connectivity index (χ1v) is 11.6. The molecule has 0 bridgehead atoms. The molecule has 3 aromatic rings. The van der Waals surface area contributed by atoms with Crippen molar-refractivity contribution in [3.05, 3.63) is 70.4 Å². The number of anilines is 1. The van der Waals surface area contributed by atoms with Gasteiger partial charge in [-0.25, -0.2) is 4.68 Å². The van der Waals surface area contributed by atoms with Gasteiger partial charge in [0.05, 0.1) is 12.7 Å². The van der Waals surface area contributed by atoms with Crippen LogP contribution >= 0.6 is 11.8 Å². The van der Waals surface area contributed by atoms with Gasteiger partial charge in [0.1, 0.15) is 12.6 Å². The van der Waals surface area contributed by atoms with Gasteiger partial charge in [0.2, 0.25) is 17.0 Å². The molecule has 0 radical (unpaired) electrons. The number of nitrogens with one attached hydrogen (secondary N) is 1. The fourth-order valence-electron chi connectivity index (χ4n) is 3.85. The van der Waals surface area contributed by atoms with Crippen LogP contribution in [0.5, 0.6) is 11.5 Å². The van der Waals surface area contributed by atoms with Gasteiger partial charge in [-0.2, -0.15) is 4.98 Å². The fraction of sp³-hybridized carbons (Fsp3) is 0.292. The van der Waals surface area contributed by atoms with Crippen molar-refractivity contribution in [1.82, 2.24) is 14.8 Å². The molecule has 0 spiro atoms. The lowest BCUT2D eigenvalue weighted by Crippen LogP contribution is -2.31. The molecule has 1 amide bonds. The monoisotopic (exact) mass is 465 g/mol. The highest BCUT2D eigenvalue weighted by molar-refractivity contribution is 7.99. The number of nitrogens with zero attached hydrogens (tertiary/aromatic N) is 3. The molecule has 2 aromatic carbocycles. The number of aromatic nitrogens is 3. The molecular weight excluding hydrogens is 438 g/mol. The Morgan fingerprint density at radius 1 is 1.21 bits per heavy atom. The van der Waals surface area contributed by atoms with E-state index < -0.39 is 11.9 Å². The summed E-state index contributed by atoms with van der Waals surface area (Å²) >= 11 is 1.53. The van der Waals surface area contributed by atoms with E-state index in [9.17, 15) is 4.79 Å². The second-order valence-corrected chi connectivity index (χ2v) is 8.88. The Hall–Kier alpha value is -3.46. The van der Waals surface area contributed by atoms with Crippen LogP contribution in [0.3, 0.4) is 0 Å². The Labute approximate surface area is 197 Å². The number of ether oxygens (including phenoxy) is 2. The molecule has 1 atom stereocenters. The third kappa shape index (κ3) is 4.54. The smallest absolute Gasteiger partial charge is 0.248 e. The number of nitrogens with two attached hydrogens (primary N) is 1. The molecule has 1 aliphatic heterocycles. The first kappa shape index (κ1) is 22.7. The molecule has 8 nitrogen and oxygen atoms in total. The topological polar surface area (TPSA) is 104 Å². The van der Waals surface area contributed by atoms with E-state index in [0.29, 0.717) is 40.5 Å². The first-order chi connectivity index (χ1) is 15.9. The Kier molecular flexibility index (Phi) is 6.60. The third-order valence-electron chi connectivity index (χ3n) is 5.52. The highest BCUT2D eigenvalue weighted by Gasteiger charge is 2.33. The minimum Gasteiger partial charge on any atom is -0.493 e. The van der Waals surface area contributed by atoms with E-state index in [0.717, 1.165) is 22.4 Å². The molecule has 0 aliphatic carbocycles. The summed E-state index contributed by atoms with van der Waals surface area (Å²) in [6, 6.07) is 13.2. The predicted molar refractivity (Wildman–Crippen MR) is 129 cm³/mol. The summed E-state index contributed by atoms with van der Waals surface area (Å²) in [4.78, 5) is 17.0. The lowest BCUT2D eigenvalue weighted by molar-refractivity contribution is -0.115. The van der Waals surface area contributed by atoms with E-state index in [4.69, 9.17) is 15.2 Å². The van der Waals surface area contributed by atoms with E-state index >= 15 is 0 Å². The van der Waals surface area contributed by atoms with Crippen LogP contribution in [0, 0.1) is 6.92 Å². The summed E-state index contributed by atoms with van der Waals surface area (Å²) in [5, 5.41) is 8.41. The number of rotatable bonds is 8. The number of methoxy groups -OCH3 is 1. The van der Waals surface area contributed by atoms with Crippen LogP contribution in [-0.4, -0.2) is 33.5 Å². The molecule has 0 saturated carbocycles. The average molecular weight is 466 g/mol. The van der Waals surface area contributed by atoms with Gasteiger partial charge in [0, 0.05) is 5.70 Å². The maximum Gasteiger partial charge on any atom is 0.248 e. The number of carbonyl (C=O) groups excluding carboxylic acids is 1. The Morgan fingerprint density at radius 2 is 2.00 bits per heavy atom. The van der Waals surface area contributed by atoms with E-state index in [2.05, 4.69) is 28.4 Å². The minimum atomic E-state index is -0.531. The molecule has 33 heavy (non-hydrogen) atoms. The molecule has 172 valence electrons. The zero-order valence-corrected chi connectivity index (χ0v) is 19.9. The number of thioether (sulfide) groups is 1. The molecule has 2 heterocycles. The van der Waals surface area contributed by atoms with Crippen LogP contribution in [0.15, 0.2) is 58.9 Å². The number of fused-ring (bicyclic) bond motifs is 1. The van der Waals surface area contributed by atoms with Gasteiger partial charge in [-0.1, -0.05) is 49.0 Å². The normalized spacial score (nSPS) is 15.1. The summed E-state index contributed by atoms with van der Waals surface area (Å²) in [6.45, 7) is 6.33. The second-order valence-electron chi connectivity index (χ2n) is 7.65. The zero-order chi connectivity index (χ0) is 23.5. The van der Waals surface area contributed by atoms with Crippen molar-refractivity contribution in [2.24, 2.45) is 5.73 Å². The van der Waals surface area contributed by atoms with Crippen molar-refractivity contribution < 1.29 is 14.3 Å². The van der Waals surface area contributed by atoms with Crippen LogP contribution in [0.25, 0.3) is 0 Å². The van der Waals surface area contributed by atoms with Gasteiger partial charge in [0.25, 0.3) is 0 Å². The van der Waals surface area contributed by atoms with E-state index in [1.807, 2.05) is 50.2 Å². The van der Waals surface area contributed by atoms with Gasteiger partial charge in [0.15, 0.2) is 11.5 Å². The van der Waals surface area contributed by atoms with E-state index in [1.165, 1.54) is 11.8 Å². The highest BCUT2D eigenvalue weighted by Crippen LogP contribution is 2.39. The average Bonchev–Trinajstić information content (AvgIpc) is 3.19. The van der Waals surface area contributed by atoms with Gasteiger partial charge >= 0.3 is 0 Å². The maximum absolute atomic E-state index is 12.4. The number of amides is 1. The number of hydrogen-bond donors (Lipinski definition) is 2. The second kappa shape index (κ2) is 9.58. The molecule has 0 fully saturated rings. The lowest BCUT2D eigenvalue weighted by atomic mass is 9.95. The lowest BCUT2D eigenvalue weighted by Gasteiger charge is -2.28. The van der Waals surface area contributed by atoms with Crippen LogP contribution in [0.4, 0.5) is 5.95 Å². The summed E-state index contributed by atoms with van der Waals surface area (Å²) in [5.41, 5.74) is 9.91. The van der Waals surface area contributed by atoms with Crippen LogP contribution in [0.2, 0.25) is 0 Å². The highest BCUT2D eigenvalue weighted by atomic mass is 32.2. The summed E-state index contributed by atoms with van der Waals surface area (Å²) < 4.78 is 13.4. The molecule has 1 aliphatic rings. The van der Waals surface area contributed by atoms with Gasteiger partial charge in [-0.15, -0.1) is 5.10 Å². The van der Waals surface area contributed by atoms with E-state index in [-0.39, 0.29) is 0 Å². The molecule has 1 unspecified atom stereocenters. The molecule has 1 aromatic heterocycles. The van der Waals surface area contributed by atoms with Crippen LogP contribution in [-0.2, 0) is 11.4 Å². The Morgan fingerprint density at radius 3 is 2.70 bits per heavy atom. The fourth-order valence-corrected chi connectivity index (χ4v) is 4.40. The molecular formula is C24H27N5O3S.